The standard InChI is InChI=1S/C12H18INO/c1-2-12(7-8-15)14-9-10-3-5-11(13)6-4-10/h3-6,12,14-15H,2,7-9H2,1H3. The summed E-state index contributed by atoms with van der Waals surface area (Å²) in [5.74, 6) is 0. The molecule has 0 amide bonds. The quantitative estimate of drug-likeness (QED) is 0.790. The molecule has 15 heavy (non-hydrogen) atoms. The third kappa shape index (κ3) is 4.95. The molecule has 2 N–H and O–H groups in total. The van der Waals surface area contributed by atoms with Gasteiger partial charge in [-0.15, -0.1) is 0 Å². The van der Waals surface area contributed by atoms with Crippen molar-refractivity contribution in [1.29, 1.82) is 0 Å². The van der Waals surface area contributed by atoms with Crippen LogP contribution >= 0.6 is 22.6 Å². The maximum absolute atomic E-state index is 8.86. The Balaban J connectivity index is 2.38. The number of halogens is 1. The number of aliphatic hydroxyl groups is 1. The fourth-order valence-electron chi connectivity index (χ4n) is 1.47. The van der Waals surface area contributed by atoms with Gasteiger partial charge in [0.15, 0.2) is 0 Å². The van der Waals surface area contributed by atoms with Gasteiger partial charge in [0.25, 0.3) is 0 Å². The molecule has 2 nitrogen and oxygen atoms in total. The molecule has 1 aromatic rings. The number of hydrogen-bond acceptors (Lipinski definition) is 2. The zero-order valence-electron chi connectivity index (χ0n) is 9.04. The van der Waals surface area contributed by atoms with Gasteiger partial charge in [-0.05, 0) is 53.1 Å². The molecule has 84 valence electrons. The lowest BCUT2D eigenvalue weighted by molar-refractivity contribution is 0.262. The Morgan fingerprint density at radius 2 is 2.00 bits per heavy atom. The zero-order chi connectivity index (χ0) is 11.1. The van der Waals surface area contributed by atoms with Crippen molar-refractivity contribution in [3.63, 3.8) is 0 Å². The summed E-state index contributed by atoms with van der Waals surface area (Å²) in [6, 6.07) is 8.94. The minimum atomic E-state index is 0.262. The van der Waals surface area contributed by atoms with E-state index in [0.29, 0.717) is 6.04 Å². The number of aliphatic hydroxyl groups excluding tert-OH is 1. The molecule has 0 aliphatic rings. The number of nitrogens with one attached hydrogen (secondary N) is 1. The van der Waals surface area contributed by atoms with E-state index in [9.17, 15) is 0 Å². The molecule has 0 radical (unpaired) electrons. The van der Waals surface area contributed by atoms with Crippen molar-refractivity contribution in [2.24, 2.45) is 0 Å². The average molecular weight is 319 g/mol. The highest BCUT2D eigenvalue weighted by Gasteiger charge is 2.03. The summed E-state index contributed by atoms with van der Waals surface area (Å²) in [5, 5.41) is 12.3. The Labute approximate surface area is 105 Å². The fourth-order valence-corrected chi connectivity index (χ4v) is 1.83. The molecule has 0 saturated heterocycles. The molecular weight excluding hydrogens is 301 g/mol. The smallest absolute Gasteiger partial charge is 0.0445 e. The molecule has 0 aromatic heterocycles. The monoisotopic (exact) mass is 319 g/mol. The molecule has 0 saturated carbocycles. The first-order valence-corrected chi connectivity index (χ1v) is 6.42. The van der Waals surface area contributed by atoms with Gasteiger partial charge in [-0.3, -0.25) is 0 Å². The van der Waals surface area contributed by atoms with Crippen LogP contribution in [-0.4, -0.2) is 17.8 Å². The highest BCUT2D eigenvalue weighted by Crippen LogP contribution is 2.07. The maximum Gasteiger partial charge on any atom is 0.0445 e. The van der Waals surface area contributed by atoms with Gasteiger partial charge in [0.1, 0.15) is 0 Å². The first-order chi connectivity index (χ1) is 7.26. The summed E-state index contributed by atoms with van der Waals surface area (Å²) in [6.07, 6.45) is 1.89. The van der Waals surface area contributed by atoms with Crippen molar-refractivity contribution in [3.05, 3.63) is 33.4 Å². The molecule has 1 unspecified atom stereocenters. The van der Waals surface area contributed by atoms with Gasteiger partial charge in [-0.2, -0.15) is 0 Å². The Hall–Kier alpha value is -0.130. The van der Waals surface area contributed by atoms with Crippen LogP contribution < -0.4 is 5.32 Å². The van der Waals surface area contributed by atoms with Crippen molar-refractivity contribution in [2.75, 3.05) is 6.61 Å². The molecule has 0 spiro atoms. The lowest BCUT2D eigenvalue weighted by atomic mass is 10.1. The minimum Gasteiger partial charge on any atom is -0.396 e. The maximum atomic E-state index is 8.86. The van der Waals surface area contributed by atoms with Gasteiger partial charge < -0.3 is 10.4 Å². The number of rotatable bonds is 6. The Bertz CT molecular complexity index is 273. The molecule has 1 aromatic carbocycles. The van der Waals surface area contributed by atoms with Crippen LogP contribution in [0.15, 0.2) is 24.3 Å². The zero-order valence-corrected chi connectivity index (χ0v) is 11.2. The van der Waals surface area contributed by atoms with Crippen molar-refractivity contribution in [2.45, 2.75) is 32.4 Å². The van der Waals surface area contributed by atoms with E-state index in [1.807, 2.05) is 0 Å². The van der Waals surface area contributed by atoms with Crippen LogP contribution in [0.1, 0.15) is 25.3 Å². The van der Waals surface area contributed by atoms with Crippen molar-refractivity contribution >= 4 is 22.6 Å². The second kappa shape index (κ2) is 7.19. The van der Waals surface area contributed by atoms with Crippen LogP contribution in [0.2, 0.25) is 0 Å². The van der Waals surface area contributed by atoms with E-state index >= 15 is 0 Å². The van der Waals surface area contributed by atoms with E-state index in [4.69, 9.17) is 5.11 Å². The average Bonchev–Trinajstić information content (AvgIpc) is 2.26. The second-order valence-electron chi connectivity index (χ2n) is 3.62. The predicted octanol–water partition coefficient (Wildman–Crippen LogP) is 2.54. The summed E-state index contributed by atoms with van der Waals surface area (Å²) in [4.78, 5) is 0. The number of benzene rings is 1. The predicted molar refractivity (Wildman–Crippen MR) is 71.8 cm³/mol. The third-order valence-corrected chi connectivity index (χ3v) is 3.20. The second-order valence-corrected chi connectivity index (χ2v) is 4.87. The Morgan fingerprint density at radius 1 is 1.33 bits per heavy atom. The molecular formula is C12H18INO. The highest BCUT2D eigenvalue weighted by atomic mass is 127. The number of hydrogen-bond donors (Lipinski definition) is 2. The molecule has 3 heteroatoms. The molecule has 0 fully saturated rings. The van der Waals surface area contributed by atoms with Gasteiger partial charge in [-0.25, -0.2) is 0 Å². The van der Waals surface area contributed by atoms with Crippen molar-refractivity contribution in [3.8, 4) is 0 Å². The van der Waals surface area contributed by atoms with E-state index in [2.05, 4.69) is 59.1 Å². The minimum absolute atomic E-state index is 0.262. The highest BCUT2D eigenvalue weighted by molar-refractivity contribution is 14.1. The van der Waals surface area contributed by atoms with E-state index in [1.54, 1.807) is 0 Å². The summed E-state index contributed by atoms with van der Waals surface area (Å²) in [5.41, 5.74) is 1.30. The lowest BCUT2D eigenvalue weighted by Crippen LogP contribution is -2.28. The summed E-state index contributed by atoms with van der Waals surface area (Å²) < 4.78 is 1.26. The van der Waals surface area contributed by atoms with Crippen LogP contribution in [0.4, 0.5) is 0 Å². The third-order valence-electron chi connectivity index (χ3n) is 2.48. The Morgan fingerprint density at radius 3 is 2.53 bits per heavy atom. The lowest BCUT2D eigenvalue weighted by Gasteiger charge is -2.15. The van der Waals surface area contributed by atoms with Crippen molar-refractivity contribution in [1.82, 2.24) is 5.32 Å². The SMILES string of the molecule is CCC(CCO)NCc1ccc(I)cc1. The van der Waals surface area contributed by atoms with Gasteiger partial charge >= 0.3 is 0 Å². The summed E-state index contributed by atoms with van der Waals surface area (Å²) in [6.45, 7) is 3.29. The molecule has 1 rings (SSSR count). The molecule has 1 atom stereocenters. The van der Waals surface area contributed by atoms with E-state index < -0.39 is 0 Å². The first-order valence-electron chi connectivity index (χ1n) is 5.35. The van der Waals surface area contributed by atoms with Crippen molar-refractivity contribution < 1.29 is 5.11 Å². The van der Waals surface area contributed by atoms with Gasteiger partial charge in [0.05, 0.1) is 0 Å². The first kappa shape index (κ1) is 12.9. The summed E-state index contributed by atoms with van der Waals surface area (Å²) >= 11 is 2.31. The molecule has 0 aliphatic heterocycles. The largest absolute Gasteiger partial charge is 0.396 e. The van der Waals surface area contributed by atoms with Gasteiger partial charge in [-0.1, -0.05) is 19.1 Å². The van der Waals surface area contributed by atoms with E-state index in [-0.39, 0.29) is 6.61 Å². The topological polar surface area (TPSA) is 32.3 Å². The Kier molecular flexibility index (Phi) is 6.20. The van der Waals surface area contributed by atoms with Crippen LogP contribution in [0.5, 0.6) is 0 Å². The van der Waals surface area contributed by atoms with Gasteiger partial charge in [0.2, 0.25) is 0 Å². The van der Waals surface area contributed by atoms with E-state index in [1.165, 1.54) is 9.13 Å². The normalized spacial score (nSPS) is 12.7. The van der Waals surface area contributed by atoms with Crippen LogP contribution in [0, 0.1) is 3.57 Å². The molecule has 0 heterocycles. The molecule has 0 bridgehead atoms. The summed E-state index contributed by atoms with van der Waals surface area (Å²) in [7, 11) is 0. The van der Waals surface area contributed by atoms with Crippen LogP contribution in [0.3, 0.4) is 0 Å². The van der Waals surface area contributed by atoms with Crippen LogP contribution in [-0.2, 0) is 6.54 Å². The molecule has 0 aliphatic carbocycles. The van der Waals surface area contributed by atoms with Crippen LogP contribution in [0.25, 0.3) is 0 Å². The fraction of sp³-hybridized carbons (Fsp3) is 0.500. The van der Waals surface area contributed by atoms with Gasteiger partial charge in [0, 0.05) is 22.8 Å². The van der Waals surface area contributed by atoms with E-state index in [0.717, 1.165) is 19.4 Å².